The van der Waals surface area contributed by atoms with Crippen LogP contribution in [-0.2, 0) is 23.8 Å². The maximum atomic E-state index is 12.8. The number of nitrogens with one attached hydrogen (secondary N) is 5. The number of anilines is 1. The number of rotatable bonds is 9. The fraction of sp³-hybridized carbons (Fsp3) is 0.467. The van der Waals surface area contributed by atoms with E-state index in [-0.39, 0.29) is 35.1 Å². The average molecular weight is 660 g/mol. The average Bonchev–Trinajstić information content (AvgIpc) is 3.28. The van der Waals surface area contributed by atoms with Crippen LogP contribution in [0.4, 0.5) is 15.3 Å². The van der Waals surface area contributed by atoms with E-state index in [1.165, 1.54) is 31.2 Å². The Morgan fingerprint density at radius 2 is 1.60 bits per heavy atom. The van der Waals surface area contributed by atoms with Gasteiger partial charge < -0.3 is 40.0 Å². The number of carbonyl (C=O) groups excluding carboxylic acids is 6. The molecule has 47 heavy (non-hydrogen) atoms. The smallest absolute Gasteiger partial charge is 0.437 e. The largest absolute Gasteiger partial charge is 0.467 e. The molecule has 1 atom stereocenters. The van der Waals surface area contributed by atoms with Crippen LogP contribution in [0.3, 0.4) is 0 Å². The van der Waals surface area contributed by atoms with Gasteiger partial charge in [-0.05, 0) is 73.6 Å². The summed E-state index contributed by atoms with van der Waals surface area (Å²) in [4.78, 5) is 78.7. The second-order valence-corrected chi connectivity index (χ2v) is 12.0. The molecule has 2 rings (SSSR count). The Morgan fingerprint density at radius 3 is 2.17 bits per heavy atom. The predicted octanol–water partition coefficient (Wildman–Crippen LogP) is 2.34. The Labute approximate surface area is 271 Å². The number of ether oxygens (including phenoxy) is 3. The number of amides is 5. The van der Waals surface area contributed by atoms with Gasteiger partial charge in [0, 0.05) is 17.8 Å². The number of hydrogen-bond donors (Lipinski definition) is 5. The number of hydrogen-bond acceptors (Lipinski definition) is 11. The Bertz CT molecular complexity index is 1500. The molecule has 0 spiro atoms. The van der Waals surface area contributed by atoms with Gasteiger partial charge in [-0.2, -0.15) is 0 Å². The summed E-state index contributed by atoms with van der Waals surface area (Å²) in [6.45, 7) is 12.2. The number of benzene rings is 1. The van der Waals surface area contributed by atoms with Crippen molar-refractivity contribution < 1.29 is 47.5 Å². The molecule has 0 aliphatic rings. The summed E-state index contributed by atoms with van der Waals surface area (Å²) in [6, 6.07) is 4.65. The van der Waals surface area contributed by atoms with Crippen LogP contribution in [0, 0.1) is 13.8 Å². The topological polar surface area (TPSA) is 229 Å². The van der Waals surface area contributed by atoms with Gasteiger partial charge in [-0.1, -0.05) is 11.2 Å². The lowest BCUT2D eigenvalue weighted by molar-refractivity contribution is -0.142. The highest BCUT2D eigenvalue weighted by Gasteiger charge is 2.26. The second-order valence-electron chi connectivity index (χ2n) is 12.0. The molecule has 0 aliphatic carbocycles. The van der Waals surface area contributed by atoms with Crippen molar-refractivity contribution >= 4 is 47.5 Å². The summed E-state index contributed by atoms with van der Waals surface area (Å²) in [5.41, 5.74) is -0.868. The first-order valence-electron chi connectivity index (χ1n) is 14.3. The van der Waals surface area contributed by atoms with Crippen LogP contribution in [0.5, 0.6) is 0 Å². The monoisotopic (exact) mass is 659 g/mol. The molecule has 256 valence electrons. The van der Waals surface area contributed by atoms with Crippen molar-refractivity contribution in [2.75, 3.05) is 25.5 Å². The second kappa shape index (κ2) is 16.2. The van der Waals surface area contributed by atoms with Gasteiger partial charge >= 0.3 is 18.2 Å². The fourth-order valence-electron chi connectivity index (χ4n) is 3.65. The summed E-state index contributed by atoms with van der Waals surface area (Å²) in [5, 5.41) is 16.2. The van der Waals surface area contributed by atoms with Gasteiger partial charge in [0.05, 0.1) is 19.3 Å². The molecule has 1 aromatic heterocycles. The molecule has 0 unspecified atom stereocenters. The molecule has 1 heterocycles. The summed E-state index contributed by atoms with van der Waals surface area (Å²) in [7, 11) is 1.13. The van der Waals surface area contributed by atoms with Crippen molar-refractivity contribution in [3.63, 3.8) is 0 Å². The third kappa shape index (κ3) is 13.2. The lowest BCUT2D eigenvalue weighted by Gasteiger charge is -2.21. The minimum absolute atomic E-state index is 0.107. The van der Waals surface area contributed by atoms with Crippen LogP contribution >= 0.6 is 0 Å². The Kier molecular flexibility index (Phi) is 13.0. The molecule has 0 radical (unpaired) electrons. The van der Waals surface area contributed by atoms with Gasteiger partial charge in [0.1, 0.15) is 28.6 Å². The number of carbonyl (C=O) groups is 6. The van der Waals surface area contributed by atoms with Crippen molar-refractivity contribution in [1.82, 2.24) is 26.4 Å². The molecule has 0 fully saturated rings. The predicted molar refractivity (Wildman–Crippen MR) is 168 cm³/mol. The van der Waals surface area contributed by atoms with Gasteiger partial charge in [0.25, 0.3) is 11.8 Å². The number of nitrogens with zero attached hydrogens (tertiary/aromatic N) is 2. The zero-order valence-electron chi connectivity index (χ0n) is 27.8. The number of esters is 1. The minimum atomic E-state index is -1.24. The van der Waals surface area contributed by atoms with Gasteiger partial charge in [-0.25, -0.2) is 14.4 Å². The molecule has 1 aromatic carbocycles. The third-order valence-electron chi connectivity index (χ3n) is 5.57. The number of aryl methyl sites for hydroxylation is 2. The number of methoxy groups -OCH3 is 1. The highest BCUT2D eigenvalue weighted by Crippen LogP contribution is 2.14. The van der Waals surface area contributed by atoms with Crippen molar-refractivity contribution in [3.8, 4) is 0 Å². The van der Waals surface area contributed by atoms with E-state index < -0.39 is 59.7 Å². The molecular weight excluding hydrogens is 618 g/mol. The first-order valence-corrected chi connectivity index (χ1v) is 14.3. The van der Waals surface area contributed by atoms with Gasteiger partial charge in [-0.3, -0.25) is 19.7 Å². The Balaban J connectivity index is 2.05. The van der Waals surface area contributed by atoms with E-state index in [4.69, 9.17) is 18.7 Å². The van der Waals surface area contributed by atoms with E-state index in [2.05, 4.69) is 36.7 Å². The van der Waals surface area contributed by atoms with Crippen LogP contribution in [0.15, 0.2) is 33.8 Å². The van der Waals surface area contributed by atoms with Crippen molar-refractivity contribution in [3.05, 3.63) is 46.8 Å². The van der Waals surface area contributed by atoms with E-state index >= 15 is 0 Å². The summed E-state index contributed by atoms with van der Waals surface area (Å²) < 4.78 is 20.1. The maximum absolute atomic E-state index is 12.8. The molecule has 0 saturated heterocycles. The SMILES string of the molecule is COC(=O)[C@H](CNC(=O)CNC(=O)c1cccc(N/C(=N/C(=O)OC(C)(C)C)NC(=O)OC(C)(C)C)c1)NC(=O)c1c(C)noc1C. The molecule has 5 N–H and O–H groups in total. The van der Waals surface area contributed by atoms with Crippen LogP contribution in [0.25, 0.3) is 0 Å². The molecular formula is C30H41N7O10. The summed E-state index contributed by atoms with van der Waals surface area (Å²) in [6.07, 6.45) is -1.89. The lowest BCUT2D eigenvalue weighted by atomic mass is 10.1. The standard InChI is InChI=1S/C30H41N7O10/c1-16-22(17(2)47-37-16)24(40)34-20(25(41)44-9)14-31-21(38)15-32-23(39)18-11-10-12-19(13-18)33-26(35-27(42)45-29(3,4)5)36-28(43)46-30(6,7)8/h10-13,20H,14-15H2,1-9H3,(H,31,38)(H,32,39)(H,34,40)(H2,33,35,36,42,43)/t20-/m0/s1. The fourth-order valence-corrected chi connectivity index (χ4v) is 3.65. The number of guanidine groups is 1. The number of alkyl carbamates (subject to hydrolysis) is 1. The summed E-state index contributed by atoms with van der Waals surface area (Å²) >= 11 is 0. The van der Waals surface area contributed by atoms with Crippen LogP contribution in [0.1, 0.15) is 73.7 Å². The highest BCUT2D eigenvalue weighted by atomic mass is 16.6. The molecule has 0 aliphatic heterocycles. The molecule has 2 aromatic rings. The zero-order chi connectivity index (χ0) is 35.5. The van der Waals surface area contributed by atoms with Crippen molar-refractivity contribution in [2.24, 2.45) is 4.99 Å². The van der Waals surface area contributed by atoms with Crippen LogP contribution in [-0.4, -0.2) is 84.4 Å². The van der Waals surface area contributed by atoms with Crippen molar-refractivity contribution in [2.45, 2.75) is 72.6 Å². The first kappa shape index (κ1) is 37.7. The van der Waals surface area contributed by atoms with E-state index in [1.807, 2.05) is 0 Å². The van der Waals surface area contributed by atoms with Crippen LogP contribution < -0.4 is 26.6 Å². The normalized spacial score (nSPS) is 12.2. The molecule has 17 heteroatoms. The minimum Gasteiger partial charge on any atom is -0.467 e. The third-order valence-corrected chi connectivity index (χ3v) is 5.57. The van der Waals surface area contributed by atoms with Gasteiger partial charge in [-0.15, -0.1) is 4.99 Å². The van der Waals surface area contributed by atoms with Gasteiger partial charge in [0.2, 0.25) is 11.9 Å². The maximum Gasteiger partial charge on any atom is 0.437 e. The zero-order valence-corrected chi connectivity index (χ0v) is 27.8. The van der Waals surface area contributed by atoms with Crippen molar-refractivity contribution in [1.29, 1.82) is 0 Å². The van der Waals surface area contributed by atoms with E-state index in [0.29, 0.717) is 5.69 Å². The number of aliphatic imine (C=N–C) groups is 1. The molecule has 0 bridgehead atoms. The molecule has 17 nitrogen and oxygen atoms in total. The van der Waals surface area contributed by atoms with E-state index in [9.17, 15) is 28.8 Å². The number of aromatic nitrogens is 1. The lowest BCUT2D eigenvalue weighted by Crippen LogP contribution is -2.50. The summed E-state index contributed by atoms with van der Waals surface area (Å²) in [5.74, 6) is -2.84. The highest BCUT2D eigenvalue weighted by molar-refractivity contribution is 6.07. The first-order chi connectivity index (χ1) is 21.8. The van der Waals surface area contributed by atoms with E-state index in [0.717, 1.165) is 7.11 Å². The Hall–Kier alpha value is -5.48. The van der Waals surface area contributed by atoms with Crippen LogP contribution in [0.2, 0.25) is 0 Å². The quantitative estimate of drug-likeness (QED) is 0.113. The Morgan fingerprint density at radius 1 is 0.936 bits per heavy atom. The van der Waals surface area contributed by atoms with E-state index in [1.54, 1.807) is 48.5 Å². The van der Waals surface area contributed by atoms with Gasteiger partial charge in [0.15, 0.2) is 0 Å². The molecule has 0 saturated carbocycles. The molecule has 5 amide bonds.